The zero-order valence-corrected chi connectivity index (χ0v) is 10.2. The number of carbonyl (C=O) groups is 1. The molecule has 0 aliphatic heterocycles. The van der Waals surface area contributed by atoms with Gasteiger partial charge in [0, 0.05) is 23.9 Å². The molecule has 1 heterocycles. The van der Waals surface area contributed by atoms with Crippen LogP contribution in [0.3, 0.4) is 0 Å². The van der Waals surface area contributed by atoms with Gasteiger partial charge in [-0.05, 0) is 18.2 Å². The monoisotopic (exact) mass is 255 g/mol. The van der Waals surface area contributed by atoms with E-state index in [-0.39, 0.29) is 12.5 Å². The summed E-state index contributed by atoms with van der Waals surface area (Å²) in [6.45, 7) is 0.0456. The van der Waals surface area contributed by atoms with Gasteiger partial charge in [-0.25, -0.2) is 0 Å². The quantitative estimate of drug-likeness (QED) is 0.725. The van der Waals surface area contributed by atoms with E-state index in [2.05, 4.69) is 27.4 Å². The molecule has 0 fully saturated rings. The number of anilines is 1. The molecule has 2 rings (SSSR count). The summed E-state index contributed by atoms with van der Waals surface area (Å²) in [6, 6.07) is 7.23. The largest absolute Gasteiger partial charge is 0.395 e. The van der Waals surface area contributed by atoms with E-state index in [0.717, 1.165) is 5.56 Å². The third-order valence-electron chi connectivity index (χ3n) is 2.35. The molecule has 96 valence electrons. The summed E-state index contributed by atoms with van der Waals surface area (Å²) in [6.07, 6.45) is 3.42. The first-order valence-electron chi connectivity index (χ1n) is 5.79. The molecule has 19 heavy (non-hydrogen) atoms. The van der Waals surface area contributed by atoms with Crippen LogP contribution in [0.15, 0.2) is 36.7 Å². The highest BCUT2D eigenvalue weighted by molar-refractivity contribution is 6.03. The van der Waals surface area contributed by atoms with Crippen molar-refractivity contribution in [2.45, 2.75) is 6.42 Å². The van der Waals surface area contributed by atoms with Gasteiger partial charge in [-0.3, -0.25) is 9.89 Å². The summed E-state index contributed by atoms with van der Waals surface area (Å²) in [7, 11) is 0. The lowest BCUT2D eigenvalue weighted by Crippen LogP contribution is -2.10. The van der Waals surface area contributed by atoms with Gasteiger partial charge in [0.15, 0.2) is 0 Å². The van der Waals surface area contributed by atoms with Gasteiger partial charge >= 0.3 is 0 Å². The van der Waals surface area contributed by atoms with E-state index in [0.29, 0.717) is 17.7 Å². The van der Waals surface area contributed by atoms with Crippen molar-refractivity contribution in [3.05, 3.63) is 47.8 Å². The van der Waals surface area contributed by atoms with Crippen molar-refractivity contribution in [2.24, 2.45) is 0 Å². The molecule has 0 radical (unpaired) electrons. The van der Waals surface area contributed by atoms with Crippen LogP contribution in [0.4, 0.5) is 5.69 Å². The Balaban J connectivity index is 2.07. The van der Waals surface area contributed by atoms with Crippen LogP contribution in [0.1, 0.15) is 22.3 Å². The molecule has 0 bridgehead atoms. The normalized spacial score (nSPS) is 9.53. The zero-order valence-electron chi connectivity index (χ0n) is 10.2. The van der Waals surface area contributed by atoms with Gasteiger partial charge in [0.1, 0.15) is 0 Å². The van der Waals surface area contributed by atoms with Crippen LogP contribution in [0.2, 0.25) is 0 Å². The lowest BCUT2D eigenvalue weighted by Gasteiger charge is -2.03. The smallest absolute Gasteiger partial charge is 0.258 e. The Hall–Kier alpha value is -2.58. The minimum absolute atomic E-state index is 0.0456. The number of rotatable bonds is 3. The number of hydrogen-bond acceptors (Lipinski definition) is 3. The van der Waals surface area contributed by atoms with Crippen molar-refractivity contribution in [3.63, 3.8) is 0 Å². The fraction of sp³-hybridized carbons (Fsp3) is 0.143. The van der Waals surface area contributed by atoms with E-state index in [1.807, 2.05) is 12.1 Å². The van der Waals surface area contributed by atoms with Crippen LogP contribution in [0, 0.1) is 11.8 Å². The lowest BCUT2D eigenvalue weighted by molar-refractivity contribution is 0.102. The number of amides is 1. The van der Waals surface area contributed by atoms with Crippen LogP contribution in [0.25, 0.3) is 0 Å². The fourth-order valence-electron chi connectivity index (χ4n) is 1.47. The number of carbonyl (C=O) groups excluding carboxylic acids is 1. The van der Waals surface area contributed by atoms with Gasteiger partial charge in [-0.15, -0.1) is 0 Å². The molecule has 0 unspecified atom stereocenters. The Kier molecular flexibility index (Phi) is 4.32. The number of hydrogen-bond donors (Lipinski definition) is 3. The van der Waals surface area contributed by atoms with E-state index in [1.54, 1.807) is 12.1 Å². The molecule has 2 aromatic rings. The first kappa shape index (κ1) is 12.9. The highest BCUT2D eigenvalue weighted by Gasteiger charge is 2.06. The number of nitrogens with zero attached hydrogens (tertiary/aromatic N) is 1. The van der Waals surface area contributed by atoms with Crippen LogP contribution in [-0.4, -0.2) is 27.8 Å². The minimum Gasteiger partial charge on any atom is -0.395 e. The highest BCUT2D eigenvalue weighted by Crippen LogP contribution is 2.11. The number of aliphatic hydroxyl groups excluding tert-OH is 1. The Morgan fingerprint density at radius 1 is 1.47 bits per heavy atom. The van der Waals surface area contributed by atoms with Gasteiger partial charge in [0.05, 0.1) is 18.4 Å². The molecule has 5 nitrogen and oxygen atoms in total. The number of aliphatic hydroxyl groups is 1. The average Bonchev–Trinajstić information content (AvgIpc) is 2.93. The predicted octanol–water partition coefficient (Wildman–Crippen LogP) is 1.40. The van der Waals surface area contributed by atoms with Gasteiger partial charge < -0.3 is 10.4 Å². The van der Waals surface area contributed by atoms with Gasteiger partial charge in [0.2, 0.25) is 0 Å². The summed E-state index contributed by atoms with van der Waals surface area (Å²) in [5.74, 6) is 5.52. The van der Waals surface area contributed by atoms with E-state index in [1.165, 1.54) is 12.4 Å². The Morgan fingerprint density at radius 3 is 3.11 bits per heavy atom. The van der Waals surface area contributed by atoms with Gasteiger partial charge in [-0.1, -0.05) is 17.9 Å². The topological polar surface area (TPSA) is 78.0 Å². The van der Waals surface area contributed by atoms with E-state index in [4.69, 9.17) is 5.11 Å². The van der Waals surface area contributed by atoms with Crippen LogP contribution in [0.5, 0.6) is 0 Å². The van der Waals surface area contributed by atoms with Crippen molar-refractivity contribution in [1.82, 2.24) is 10.2 Å². The minimum atomic E-state index is -0.228. The number of aromatic nitrogens is 2. The molecule has 0 aliphatic carbocycles. The second kappa shape index (κ2) is 6.38. The van der Waals surface area contributed by atoms with Gasteiger partial charge in [0.25, 0.3) is 5.91 Å². The average molecular weight is 255 g/mol. The van der Waals surface area contributed by atoms with Crippen molar-refractivity contribution in [1.29, 1.82) is 0 Å². The van der Waals surface area contributed by atoms with Crippen molar-refractivity contribution in [2.75, 3.05) is 11.9 Å². The van der Waals surface area contributed by atoms with Crippen molar-refractivity contribution in [3.8, 4) is 11.8 Å². The highest BCUT2D eigenvalue weighted by atomic mass is 16.2. The zero-order chi connectivity index (χ0) is 13.5. The second-order valence-electron chi connectivity index (χ2n) is 3.80. The van der Waals surface area contributed by atoms with Crippen LogP contribution >= 0.6 is 0 Å². The summed E-state index contributed by atoms with van der Waals surface area (Å²) >= 11 is 0. The lowest BCUT2D eigenvalue weighted by atomic mass is 10.2. The molecule has 0 saturated carbocycles. The SMILES string of the molecule is O=C(Nc1cccc(C#CCCO)c1)c1cn[nH]c1. The molecule has 3 N–H and O–H groups in total. The third kappa shape index (κ3) is 3.69. The summed E-state index contributed by atoms with van der Waals surface area (Å²) in [5.41, 5.74) is 1.93. The Morgan fingerprint density at radius 2 is 2.37 bits per heavy atom. The third-order valence-corrected chi connectivity index (χ3v) is 2.35. The fourth-order valence-corrected chi connectivity index (χ4v) is 1.47. The summed E-state index contributed by atoms with van der Waals surface area (Å²) in [5, 5.41) is 17.7. The standard InChI is InChI=1S/C14H13N3O2/c18-7-2-1-4-11-5-3-6-13(8-11)17-14(19)12-9-15-16-10-12/h3,5-6,8-10,18H,2,7H2,(H,15,16)(H,17,19). The van der Waals surface area contributed by atoms with Crippen molar-refractivity contribution >= 4 is 11.6 Å². The molecular formula is C14H13N3O2. The first-order valence-corrected chi connectivity index (χ1v) is 5.79. The molecule has 5 heteroatoms. The Labute approximate surface area is 110 Å². The molecule has 0 saturated heterocycles. The molecule has 1 aromatic carbocycles. The maximum Gasteiger partial charge on any atom is 0.258 e. The number of benzene rings is 1. The summed E-state index contributed by atoms with van der Waals surface area (Å²) in [4.78, 5) is 11.8. The van der Waals surface area contributed by atoms with E-state index < -0.39 is 0 Å². The number of H-pyrrole nitrogens is 1. The maximum absolute atomic E-state index is 11.8. The van der Waals surface area contributed by atoms with Crippen LogP contribution in [-0.2, 0) is 0 Å². The van der Waals surface area contributed by atoms with E-state index in [9.17, 15) is 4.79 Å². The number of aromatic amines is 1. The molecule has 0 atom stereocenters. The Bertz CT molecular complexity index is 609. The first-order chi connectivity index (χ1) is 9.29. The summed E-state index contributed by atoms with van der Waals surface area (Å²) < 4.78 is 0. The van der Waals surface area contributed by atoms with Crippen LogP contribution < -0.4 is 5.32 Å². The molecular weight excluding hydrogens is 242 g/mol. The molecule has 0 spiro atoms. The molecule has 1 aromatic heterocycles. The maximum atomic E-state index is 11.8. The number of nitrogens with one attached hydrogen (secondary N) is 2. The predicted molar refractivity (Wildman–Crippen MR) is 71.6 cm³/mol. The molecule has 1 amide bonds. The van der Waals surface area contributed by atoms with Gasteiger partial charge in [-0.2, -0.15) is 5.10 Å². The molecule has 0 aliphatic rings. The van der Waals surface area contributed by atoms with Crippen molar-refractivity contribution < 1.29 is 9.90 Å². The second-order valence-corrected chi connectivity index (χ2v) is 3.80. The van der Waals surface area contributed by atoms with E-state index >= 15 is 0 Å².